The van der Waals surface area contributed by atoms with E-state index in [1.807, 2.05) is 13.8 Å². The zero-order chi connectivity index (χ0) is 17.4. The molecule has 2 atom stereocenters. The zero-order valence-corrected chi connectivity index (χ0v) is 14.8. The molecule has 23 heavy (non-hydrogen) atoms. The molecule has 0 N–H and O–H groups in total. The van der Waals surface area contributed by atoms with E-state index in [2.05, 4.69) is 0 Å². The first-order valence-electron chi connectivity index (χ1n) is 7.70. The van der Waals surface area contributed by atoms with E-state index in [-0.39, 0.29) is 12.0 Å². The third kappa shape index (κ3) is 3.44. The van der Waals surface area contributed by atoms with E-state index in [4.69, 9.17) is 21.1 Å². The lowest BCUT2D eigenvalue weighted by Crippen LogP contribution is -2.57. The molecule has 0 radical (unpaired) electrons. The highest BCUT2D eigenvalue weighted by atomic mass is 35.5. The summed E-state index contributed by atoms with van der Waals surface area (Å²) in [6.45, 7) is 8.75. The molecule has 1 heterocycles. The van der Waals surface area contributed by atoms with Crippen LogP contribution in [0, 0.1) is 0 Å². The lowest BCUT2D eigenvalue weighted by Gasteiger charge is -2.41. The van der Waals surface area contributed by atoms with E-state index in [0.29, 0.717) is 22.9 Å². The fourth-order valence-electron chi connectivity index (χ4n) is 2.35. The average Bonchev–Trinajstić information content (AvgIpc) is 2.48. The molecule has 0 saturated carbocycles. The van der Waals surface area contributed by atoms with E-state index >= 15 is 0 Å². The Hall–Kier alpha value is -1.75. The Balaban J connectivity index is 2.41. The second-order valence-electron chi connectivity index (χ2n) is 6.23. The van der Waals surface area contributed by atoms with Crippen LogP contribution >= 0.6 is 11.6 Å². The van der Waals surface area contributed by atoms with Crippen molar-refractivity contribution in [2.24, 2.45) is 0 Å². The van der Waals surface area contributed by atoms with Crippen LogP contribution in [0.3, 0.4) is 0 Å². The minimum Gasteiger partial charge on any atom is -0.476 e. The van der Waals surface area contributed by atoms with Crippen LogP contribution in [0.25, 0.3) is 0 Å². The molecule has 1 amide bonds. The SMILES string of the molecule is CCC(C)OC(=O)C(C)N1C(=O)C(C)(C)Oc2ccc(Cl)cc21. The molecule has 0 fully saturated rings. The highest BCUT2D eigenvalue weighted by molar-refractivity contribution is 6.31. The number of ether oxygens (including phenoxy) is 2. The molecule has 0 aromatic heterocycles. The molecule has 1 aromatic carbocycles. The van der Waals surface area contributed by atoms with Crippen LogP contribution in [0.2, 0.25) is 5.02 Å². The Labute approximate surface area is 141 Å². The number of esters is 1. The van der Waals surface area contributed by atoms with Crippen molar-refractivity contribution >= 4 is 29.2 Å². The molecule has 126 valence electrons. The van der Waals surface area contributed by atoms with Crippen molar-refractivity contribution in [1.29, 1.82) is 0 Å². The number of carbonyl (C=O) groups excluding carboxylic acids is 2. The van der Waals surface area contributed by atoms with Gasteiger partial charge in [-0.3, -0.25) is 9.69 Å². The number of hydrogen-bond donors (Lipinski definition) is 0. The van der Waals surface area contributed by atoms with E-state index in [1.165, 1.54) is 4.90 Å². The van der Waals surface area contributed by atoms with Crippen molar-refractivity contribution in [3.05, 3.63) is 23.2 Å². The van der Waals surface area contributed by atoms with Gasteiger partial charge in [0.05, 0.1) is 11.8 Å². The summed E-state index contributed by atoms with van der Waals surface area (Å²) in [6, 6.07) is 4.24. The van der Waals surface area contributed by atoms with Gasteiger partial charge in [-0.1, -0.05) is 18.5 Å². The van der Waals surface area contributed by atoms with Crippen molar-refractivity contribution in [2.75, 3.05) is 4.90 Å². The average molecular weight is 340 g/mol. The van der Waals surface area contributed by atoms with Gasteiger partial charge in [0, 0.05) is 5.02 Å². The number of hydrogen-bond acceptors (Lipinski definition) is 4. The van der Waals surface area contributed by atoms with Crippen LogP contribution in [0.4, 0.5) is 5.69 Å². The molecule has 6 heteroatoms. The summed E-state index contributed by atoms with van der Waals surface area (Å²) >= 11 is 6.04. The van der Waals surface area contributed by atoms with Gasteiger partial charge in [0.1, 0.15) is 11.8 Å². The number of carbonyl (C=O) groups is 2. The van der Waals surface area contributed by atoms with Gasteiger partial charge in [-0.2, -0.15) is 0 Å². The predicted octanol–water partition coefficient (Wildman–Crippen LogP) is 3.57. The Kier molecular flexibility index (Phi) is 4.90. The largest absolute Gasteiger partial charge is 0.476 e. The van der Waals surface area contributed by atoms with Gasteiger partial charge in [0.2, 0.25) is 0 Å². The van der Waals surface area contributed by atoms with Crippen LogP contribution < -0.4 is 9.64 Å². The molecule has 5 nitrogen and oxygen atoms in total. The number of benzene rings is 1. The van der Waals surface area contributed by atoms with Gasteiger partial charge in [-0.15, -0.1) is 0 Å². The van der Waals surface area contributed by atoms with Crippen LogP contribution in [0.1, 0.15) is 41.0 Å². The lowest BCUT2D eigenvalue weighted by molar-refractivity contribution is -0.151. The summed E-state index contributed by atoms with van der Waals surface area (Å²) < 4.78 is 11.1. The molecule has 2 unspecified atom stereocenters. The summed E-state index contributed by atoms with van der Waals surface area (Å²) in [6.07, 6.45) is 0.511. The third-order valence-corrected chi connectivity index (χ3v) is 4.14. The van der Waals surface area contributed by atoms with Gasteiger partial charge in [0.25, 0.3) is 5.91 Å². The first-order chi connectivity index (χ1) is 10.7. The van der Waals surface area contributed by atoms with Gasteiger partial charge in [-0.25, -0.2) is 4.79 Å². The summed E-state index contributed by atoms with van der Waals surface area (Å²) in [4.78, 5) is 26.6. The summed E-state index contributed by atoms with van der Waals surface area (Å²) in [5.74, 6) is -0.237. The molecule has 1 aromatic rings. The minimum atomic E-state index is -1.06. The number of halogens is 1. The van der Waals surface area contributed by atoms with Crippen molar-refractivity contribution in [3.63, 3.8) is 0 Å². The van der Waals surface area contributed by atoms with Crippen molar-refractivity contribution in [3.8, 4) is 5.75 Å². The maximum atomic E-state index is 12.8. The van der Waals surface area contributed by atoms with Gasteiger partial charge in [-0.05, 0) is 52.3 Å². The predicted molar refractivity (Wildman–Crippen MR) is 89.0 cm³/mol. The standard InChI is InChI=1S/C17H22ClNO4/c1-6-10(2)22-15(20)11(3)19-13-9-12(18)7-8-14(13)23-17(4,5)16(19)21/h7-11H,6H2,1-5H3. The molecule has 0 spiro atoms. The molecule has 0 bridgehead atoms. The highest BCUT2D eigenvalue weighted by Crippen LogP contribution is 2.40. The Morgan fingerprint density at radius 3 is 2.65 bits per heavy atom. The van der Waals surface area contributed by atoms with Crippen molar-refractivity contribution < 1.29 is 19.1 Å². The molecular weight excluding hydrogens is 318 g/mol. The Morgan fingerprint density at radius 2 is 2.04 bits per heavy atom. The van der Waals surface area contributed by atoms with Crippen LogP contribution in [0.15, 0.2) is 18.2 Å². The first-order valence-corrected chi connectivity index (χ1v) is 8.08. The molecular formula is C17H22ClNO4. The molecule has 1 aliphatic heterocycles. The van der Waals surface area contributed by atoms with E-state index in [1.54, 1.807) is 39.0 Å². The topological polar surface area (TPSA) is 55.8 Å². The molecule has 0 aliphatic carbocycles. The number of nitrogens with zero attached hydrogens (tertiary/aromatic N) is 1. The maximum absolute atomic E-state index is 12.8. The fraction of sp³-hybridized carbons (Fsp3) is 0.529. The second-order valence-corrected chi connectivity index (χ2v) is 6.67. The number of anilines is 1. The van der Waals surface area contributed by atoms with Crippen molar-refractivity contribution in [1.82, 2.24) is 0 Å². The summed E-state index contributed by atoms with van der Waals surface area (Å²) in [5.41, 5.74) is -0.582. The third-order valence-electron chi connectivity index (χ3n) is 3.90. The summed E-state index contributed by atoms with van der Waals surface area (Å²) in [5, 5.41) is 0.465. The normalized spacial score (nSPS) is 18.7. The monoisotopic (exact) mass is 339 g/mol. The van der Waals surface area contributed by atoms with Gasteiger partial charge < -0.3 is 9.47 Å². The number of rotatable bonds is 4. The first kappa shape index (κ1) is 17.6. The lowest BCUT2D eigenvalue weighted by atomic mass is 10.0. The minimum absolute atomic E-state index is 0.201. The van der Waals surface area contributed by atoms with E-state index in [9.17, 15) is 9.59 Å². The van der Waals surface area contributed by atoms with Gasteiger partial charge in [0.15, 0.2) is 5.60 Å². The van der Waals surface area contributed by atoms with Crippen molar-refractivity contribution in [2.45, 2.75) is 58.8 Å². The zero-order valence-electron chi connectivity index (χ0n) is 14.1. The van der Waals surface area contributed by atoms with E-state index in [0.717, 1.165) is 0 Å². The van der Waals surface area contributed by atoms with Crippen LogP contribution in [-0.4, -0.2) is 29.6 Å². The maximum Gasteiger partial charge on any atom is 0.329 e. The van der Waals surface area contributed by atoms with Gasteiger partial charge >= 0.3 is 5.97 Å². The van der Waals surface area contributed by atoms with Crippen LogP contribution in [-0.2, 0) is 14.3 Å². The van der Waals surface area contributed by atoms with E-state index < -0.39 is 17.6 Å². The number of amides is 1. The molecule has 1 aliphatic rings. The highest BCUT2D eigenvalue weighted by Gasteiger charge is 2.44. The summed E-state index contributed by atoms with van der Waals surface area (Å²) in [7, 11) is 0. The molecule has 0 saturated heterocycles. The quantitative estimate of drug-likeness (QED) is 0.787. The molecule has 2 rings (SSSR count). The fourth-order valence-corrected chi connectivity index (χ4v) is 2.52. The smallest absolute Gasteiger partial charge is 0.329 e. The second kappa shape index (κ2) is 6.40. The number of fused-ring (bicyclic) bond motifs is 1. The Bertz CT molecular complexity index is 629. The Morgan fingerprint density at radius 1 is 1.39 bits per heavy atom. The van der Waals surface area contributed by atoms with Crippen LogP contribution in [0.5, 0.6) is 5.75 Å².